The van der Waals surface area contributed by atoms with Crippen LogP contribution in [0.3, 0.4) is 0 Å². The lowest BCUT2D eigenvalue weighted by molar-refractivity contribution is -0.113. The molecule has 176 valence electrons. The van der Waals surface area contributed by atoms with Crippen LogP contribution in [-0.2, 0) is 18.3 Å². The average Bonchev–Trinajstić information content (AvgIpc) is 2.99. The normalized spacial score (nSPS) is 23.1. The Kier molecular flexibility index (Phi) is 8.02. The highest BCUT2D eigenvalue weighted by Gasteiger charge is 2.47. The molecule has 2 unspecified atom stereocenters. The van der Waals surface area contributed by atoms with E-state index in [9.17, 15) is 4.79 Å². The van der Waals surface area contributed by atoms with Crippen LogP contribution in [0.4, 0.5) is 0 Å². The van der Waals surface area contributed by atoms with Crippen LogP contribution in [0.1, 0.15) is 58.3 Å². The van der Waals surface area contributed by atoms with Crippen molar-refractivity contribution in [1.82, 2.24) is 0 Å². The fourth-order valence-electron chi connectivity index (χ4n) is 2.85. The summed E-state index contributed by atoms with van der Waals surface area (Å²) < 4.78 is 25.0. The molecular weight excluding hydrogens is 424 g/mol. The molecule has 1 aliphatic heterocycles. The largest absolute Gasteiger partial charge is 0.432 e. The third kappa shape index (κ3) is 6.74. The first kappa shape index (κ1) is 26.3. The molecule has 0 saturated carbocycles. The van der Waals surface area contributed by atoms with Crippen molar-refractivity contribution in [1.29, 1.82) is 0 Å². The third-order valence-electron chi connectivity index (χ3n) is 7.08. The zero-order valence-electron chi connectivity index (χ0n) is 21.1. The van der Waals surface area contributed by atoms with Crippen LogP contribution in [-0.4, -0.2) is 47.7 Å². The number of esters is 1. The Balaban J connectivity index is 2.14. The number of benzene rings is 1. The van der Waals surface area contributed by atoms with Gasteiger partial charge in [0.25, 0.3) is 0 Å². The van der Waals surface area contributed by atoms with Crippen molar-refractivity contribution in [3.63, 3.8) is 0 Å². The topological polar surface area (TPSA) is 54.0 Å². The molecule has 7 heteroatoms. The summed E-state index contributed by atoms with van der Waals surface area (Å²) in [5.41, 5.74) is 0.522. The summed E-state index contributed by atoms with van der Waals surface area (Å²) in [5, 5.41) is 0.192. The molecule has 0 aromatic heterocycles. The highest BCUT2D eigenvalue weighted by molar-refractivity contribution is 6.74. The molecule has 2 rings (SSSR count). The number of hydrogen-bond acceptors (Lipinski definition) is 5. The van der Waals surface area contributed by atoms with Crippen molar-refractivity contribution in [2.45, 2.75) is 103 Å². The van der Waals surface area contributed by atoms with Gasteiger partial charge >= 0.3 is 5.97 Å². The molecule has 5 nitrogen and oxygen atoms in total. The molecule has 0 spiro atoms. The van der Waals surface area contributed by atoms with Gasteiger partial charge in [-0.1, -0.05) is 59.7 Å². The van der Waals surface area contributed by atoms with Gasteiger partial charge in [-0.3, -0.25) is 0 Å². The van der Waals surface area contributed by atoms with Crippen LogP contribution in [0.25, 0.3) is 0 Å². The van der Waals surface area contributed by atoms with Crippen molar-refractivity contribution in [3.05, 3.63) is 35.9 Å². The molecule has 0 aliphatic carbocycles. The molecule has 0 amide bonds. The molecule has 1 heterocycles. The predicted octanol–water partition coefficient (Wildman–Crippen LogP) is 6.37. The maximum atomic E-state index is 12.5. The highest BCUT2D eigenvalue weighted by atomic mass is 28.4. The summed E-state index contributed by atoms with van der Waals surface area (Å²) in [6, 6.07) is 9.02. The first-order chi connectivity index (χ1) is 14.0. The van der Waals surface area contributed by atoms with Crippen LogP contribution >= 0.6 is 0 Å². The maximum absolute atomic E-state index is 12.5. The second-order valence-corrected chi connectivity index (χ2v) is 21.2. The van der Waals surface area contributed by atoms with Gasteiger partial charge in [0.15, 0.2) is 16.6 Å². The number of hydrogen-bond donors (Lipinski definition) is 0. The van der Waals surface area contributed by atoms with Crippen molar-refractivity contribution >= 4 is 22.6 Å². The van der Waals surface area contributed by atoms with Crippen LogP contribution < -0.4 is 0 Å². The zero-order chi connectivity index (χ0) is 23.7. The fourth-order valence-corrected chi connectivity index (χ4v) is 5.22. The summed E-state index contributed by atoms with van der Waals surface area (Å²) in [4.78, 5) is 12.5. The van der Waals surface area contributed by atoms with E-state index in [1.165, 1.54) is 0 Å². The smallest absolute Gasteiger partial charge is 0.340 e. The molecule has 1 aliphatic rings. The van der Waals surface area contributed by atoms with Gasteiger partial charge in [-0.2, -0.15) is 0 Å². The second kappa shape index (κ2) is 9.47. The summed E-state index contributed by atoms with van der Waals surface area (Å²) in [7, 11) is -3.96. The van der Waals surface area contributed by atoms with Crippen molar-refractivity contribution in [2.75, 3.05) is 6.61 Å². The van der Waals surface area contributed by atoms with Crippen LogP contribution in [0.2, 0.25) is 36.3 Å². The van der Waals surface area contributed by atoms with E-state index in [-0.39, 0.29) is 28.3 Å². The predicted molar refractivity (Wildman–Crippen MR) is 130 cm³/mol. The van der Waals surface area contributed by atoms with E-state index in [1.807, 2.05) is 18.2 Å². The molecule has 1 aromatic rings. The van der Waals surface area contributed by atoms with E-state index < -0.39 is 22.9 Å². The monoisotopic (exact) mass is 466 g/mol. The van der Waals surface area contributed by atoms with Gasteiger partial charge in [-0.15, -0.1) is 0 Å². The first-order valence-electron chi connectivity index (χ1n) is 11.3. The van der Waals surface area contributed by atoms with E-state index in [4.69, 9.17) is 18.3 Å². The highest BCUT2D eigenvalue weighted by Crippen LogP contribution is 2.41. The number of carbonyl (C=O) groups excluding carboxylic acids is 1. The van der Waals surface area contributed by atoms with Crippen LogP contribution in [0, 0.1) is 0 Å². The van der Waals surface area contributed by atoms with Gasteiger partial charge in [0, 0.05) is 6.42 Å². The fraction of sp³-hybridized carbons (Fsp3) is 0.708. The molecular formula is C24H42O5Si2. The number of carbonyl (C=O) groups is 1. The quantitative estimate of drug-likeness (QED) is 0.345. The molecule has 0 bridgehead atoms. The van der Waals surface area contributed by atoms with E-state index in [0.717, 1.165) is 0 Å². The molecule has 0 radical (unpaired) electrons. The lowest BCUT2D eigenvalue weighted by Crippen LogP contribution is -2.48. The van der Waals surface area contributed by atoms with E-state index >= 15 is 0 Å². The second-order valence-electron chi connectivity index (χ2n) is 11.6. The molecule has 3 atom stereocenters. The van der Waals surface area contributed by atoms with Gasteiger partial charge in [0.2, 0.25) is 6.29 Å². The van der Waals surface area contributed by atoms with E-state index in [0.29, 0.717) is 18.6 Å². The standard InChI is InChI=1S/C24H42O5Si2/c1-23(2,3)30(7,8)26-17-20-19(29-31(9,10)24(4,5)6)16-21(27-20)28-22(25)18-14-12-11-13-15-18/h11-15,19-21H,16-17H2,1-10H3/t19?,20-,21?/m1/s1. The zero-order valence-corrected chi connectivity index (χ0v) is 23.1. The van der Waals surface area contributed by atoms with Crippen molar-refractivity contribution < 1.29 is 23.1 Å². The Labute approximate surface area is 191 Å². The van der Waals surface area contributed by atoms with Gasteiger partial charge in [0.05, 0.1) is 18.3 Å². The molecule has 31 heavy (non-hydrogen) atoms. The summed E-state index contributed by atoms with van der Waals surface area (Å²) in [5.74, 6) is -0.373. The van der Waals surface area contributed by atoms with Gasteiger partial charge < -0.3 is 18.3 Å². The van der Waals surface area contributed by atoms with Gasteiger partial charge in [-0.25, -0.2) is 4.79 Å². The average molecular weight is 467 g/mol. The van der Waals surface area contributed by atoms with Crippen molar-refractivity contribution in [3.8, 4) is 0 Å². The molecule has 1 fully saturated rings. The Bertz CT molecular complexity index is 735. The Morgan fingerprint density at radius 3 is 2.03 bits per heavy atom. The molecule has 1 saturated heterocycles. The lowest BCUT2D eigenvalue weighted by Gasteiger charge is -2.40. The van der Waals surface area contributed by atoms with Gasteiger partial charge in [0.1, 0.15) is 6.10 Å². The minimum absolute atomic E-state index is 0.0800. The maximum Gasteiger partial charge on any atom is 0.340 e. The summed E-state index contributed by atoms with van der Waals surface area (Å²) in [6.45, 7) is 22.8. The molecule has 0 N–H and O–H groups in total. The van der Waals surface area contributed by atoms with Gasteiger partial charge in [-0.05, 0) is 48.4 Å². The summed E-state index contributed by atoms with van der Waals surface area (Å²) >= 11 is 0. The van der Waals surface area contributed by atoms with Crippen molar-refractivity contribution in [2.24, 2.45) is 0 Å². The summed E-state index contributed by atoms with van der Waals surface area (Å²) in [6.07, 6.45) is -0.511. The van der Waals surface area contributed by atoms with Crippen LogP contribution in [0.15, 0.2) is 30.3 Å². The third-order valence-corrected chi connectivity index (χ3v) is 16.1. The Morgan fingerprint density at radius 1 is 0.968 bits per heavy atom. The first-order valence-corrected chi connectivity index (χ1v) is 17.1. The SMILES string of the molecule is CC(C)(C)[Si](C)(C)OC[C@H]1OC(OC(=O)c2ccccc2)CC1O[Si](C)(C)C(C)(C)C. The minimum Gasteiger partial charge on any atom is -0.432 e. The lowest BCUT2D eigenvalue weighted by atomic mass is 10.2. The Morgan fingerprint density at radius 2 is 1.52 bits per heavy atom. The van der Waals surface area contributed by atoms with E-state index in [2.05, 4.69) is 67.7 Å². The molecule has 1 aromatic carbocycles. The Hall–Kier alpha value is -0.996. The van der Waals surface area contributed by atoms with Crippen LogP contribution in [0.5, 0.6) is 0 Å². The van der Waals surface area contributed by atoms with E-state index in [1.54, 1.807) is 12.1 Å². The minimum atomic E-state index is -2.02. The number of ether oxygens (including phenoxy) is 2. The number of rotatable bonds is 7.